The van der Waals surface area contributed by atoms with E-state index in [0.717, 1.165) is 16.5 Å². The highest BCUT2D eigenvalue weighted by Crippen LogP contribution is 2.31. The number of hydrogen-bond donors (Lipinski definition) is 2. The van der Waals surface area contributed by atoms with Gasteiger partial charge in [-0.15, -0.1) is 0 Å². The Labute approximate surface area is 136 Å². The third kappa shape index (κ3) is 3.50. The van der Waals surface area contributed by atoms with Crippen LogP contribution >= 0.6 is 0 Å². The van der Waals surface area contributed by atoms with Gasteiger partial charge in [-0.3, -0.25) is 4.79 Å². The topological polar surface area (TPSA) is 63.3 Å². The maximum Gasteiger partial charge on any atom is 0.252 e. The summed E-state index contributed by atoms with van der Waals surface area (Å²) in [5.74, 6) is 1.28. The second kappa shape index (κ2) is 7.04. The predicted octanol–water partition coefficient (Wildman–Crippen LogP) is 2.97. The predicted molar refractivity (Wildman–Crippen MR) is 91.4 cm³/mol. The number of nitrogens with one attached hydrogen (secondary N) is 2. The molecule has 0 atom stereocenters. The van der Waals surface area contributed by atoms with Gasteiger partial charge in [0.15, 0.2) is 11.5 Å². The second-order valence-electron chi connectivity index (χ2n) is 6.13. The highest BCUT2D eigenvalue weighted by Gasteiger charge is 2.14. The van der Waals surface area contributed by atoms with E-state index in [2.05, 4.69) is 10.3 Å². The SMILES string of the molecule is COc1cc2cc(CNC3CCCCC3)c(=O)[nH]c2cc1OC. The summed E-state index contributed by atoms with van der Waals surface area (Å²) in [4.78, 5) is 15.2. The molecule has 0 radical (unpaired) electrons. The number of fused-ring (bicyclic) bond motifs is 1. The molecular weight excluding hydrogens is 292 g/mol. The number of aromatic nitrogens is 1. The molecule has 5 heteroatoms. The molecule has 1 aliphatic carbocycles. The summed E-state index contributed by atoms with van der Waals surface area (Å²) in [6, 6.07) is 6.16. The number of benzene rings is 1. The van der Waals surface area contributed by atoms with Gasteiger partial charge in [0, 0.05) is 29.6 Å². The highest BCUT2D eigenvalue weighted by molar-refractivity contribution is 5.83. The lowest BCUT2D eigenvalue weighted by Crippen LogP contribution is -2.32. The Morgan fingerprint density at radius 3 is 2.48 bits per heavy atom. The first kappa shape index (κ1) is 15.9. The lowest BCUT2D eigenvalue weighted by atomic mass is 9.95. The third-order valence-corrected chi connectivity index (χ3v) is 4.61. The van der Waals surface area contributed by atoms with Gasteiger partial charge in [0.05, 0.1) is 19.7 Å². The van der Waals surface area contributed by atoms with Crippen molar-refractivity contribution in [3.63, 3.8) is 0 Å². The molecule has 0 aliphatic heterocycles. The van der Waals surface area contributed by atoms with Crippen LogP contribution in [0.15, 0.2) is 23.0 Å². The molecule has 5 nitrogen and oxygen atoms in total. The average Bonchev–Trinajstić information content (AvgIpc) is 2.59. The van der Waals surface area contributed by atoms with E-state index in [9.17, 15) is 4.79 Å². The van der Waals surface area contributed by atoms with E-state index in [1.807, 2.05) is 12.1 Å². The first-order valence-corrected chi connectivity index (χ1v) is 8.22. The van der Waals surface area contributed by atoms with Crippen molar-refractivity contribution in [2.75, 3.05) is 14.2 Å². The Morgan fingerprint density at radius 2 is 1.78 bits per heavy atom. The smallest absolute Gasteiger partial charge is 0.252 e. The summed E-state index contributed by atoms with van der Waals surface area (Å²) in [5.41, 5.74) is 1.47. The molecular formula is C18H24N2O3. The van der Waals surface area contributed by atoms with E-state index < -0.39 is 0 Å². The molecule has 1 fully saturated rings. The molecule has 124 valence electrons. The highest BCUT2D eigenvalue weighted by atomic mass is 16.5. The van der Waals surface area contributed by atoms with E-state index in [-0.39, 0.29) is 5.56 Å². The van der Waals surface area contributed by atoms with Crippen LogP contribution < -0.4 is 20.3 Å². The number of ether oxygens (including phenoxy) is 2. The quantitative estimate of drug-likeness (QED) is 0.890. The fourth-order valence-electron chi connectivity index (χ4n) is 3.27. The van der Waals surface area contributed by atoms with Crippen LogP contribution in [0.5, 0.6) is 11.5 Å². The second-order valence-corrected chi connectivity index (χ2v) is 6.13. The van der Waals surface area contributed by atoms with Crippen molar-refractivity contribution in [1.82, 2.24) is 10.3 Å². The van der Waals surface area contributed by atoms with Gasteiger partial charge in [-0.25, -0.2) is 0 Å². The Kier molecular flexibility index (Phi) is 4.86. The Balaban J connectivity index is 1.85. The van der Waals surface area contributed by atoms with E-state index in [1.165, 1.54) is 32.1 Å². The maximum atomic E-state index is 12.3. The Morgan fingerprint density at radius 1 is 1.09 bits per heavy atom. The summed E-state index contributed by atoms with van der Waals surface area (Å²) in [5, 5.41) is 4.47. The van der Waals surface area contributed by atoms with Crippen molar-refractivity contribution < 1.29 is 9.47 Å². The molecule has 1 heterocycles. The van der Waals surface area contributed by atoms with Gasteiger partial charge in [-0.1, -0.05) is 19.3 Å². The molecule has 1 aromatic heterocycles. The zero-order valence-corrected chi connectivity index (χ0v) is 13.8. The van der Waals surface area contributed by atoms with E-state index in [4.69, 9.17) is 9.47 Å². The molecule has 1 aliphatic rings. The zero-order chi connectivity index (χ0) is 16.2. The van der Waals surface area contributed by atoms with Crippen LogP contribution in [-0.2, 0) is 6.54 Å². The lowest BCUT2D eigenvalue weighted by Gasteiger charge is -2.22. The van der Waals surface area contributed by atoms with Crippen molar-refractivity contribution in [3.05, 3.63) is 34.1 Å². The van der Waals surface area contributed by atoms with Gasteiger partial charge in [-0.2, -0.15) is 0 Å². The zero-order valence-electron chi connectivity index (χ0n) is 13.8. The molecule has 1 aromatic carbocycles. The first-order valence-electron chi connectivity index (χ1n) is 8.22. The number of aromatic amines is 1. The molecule has 1 saturated carbocycles. The fourth-order valence-corrected chi connectivity index (χ4v) is 3.27. The number of rotatable bonds is 5. The molecule has 0 saturated heterocycles. The van der Waals surface area contributed by atoms with Crippen molar-refractivity contribution in [3.8, 4) is 11.5 Å². The van der Waals surface area contributed by atoms with Gasteiger partial charge in [-0.05, 0) is 25.0 Å². The van der Waals surface area contributed by atoms with Crippen LogP contribution in [-0.4, -0.2) is 25.2 Å². The summed E-state index contributed by atoms with van der Waals surface area (Å²) in [7, 11) is 3.20. The van der Waals surface area contributed by atoms with Crippen LogP contribution in [0.25, 0.3) is 10.9 Å². The van der Waals surface area contributed by atoms with E-state index in [1.54, 1.807) is 20.3 Å². The normalized spacial score (nSPS) is 15.7. The van der Waals surface area contributed by atoms with Crippen LogP contribution in [0.4, 0.5) is 0 Å². The van der Waals surface area contributed by atoms with Crippen LogP contribution in [0.1, 0.15) is 37.7 Å². The van der Waals surface area contributed by atoms with Crippen molar-refractivity contribution in [2.45, 2.75) is 44.7 Å². The van der Waals surface area contributed by atoms with Crippen molar-refractivity contribution in [2.24, 2.45) is 0 Å². The van der Waals surface area contributed by atoms with Crippen LogP contribution in [0.3, 0.4) is 0 Å². The summed E-state index contributed by atoms with van der Waals surface area (Å²) in [6.45, 7) is 0.601. The minimum absolute atomic E-state index is 0.0481. The lowest BCUT2D eigenvalue weighted by molar-refractivity contribution is 0.355. The average molecular weight is 316 g/mol. The van der Waals surface area contributed by atoms with Gasteiger partial charge < -0.3 is 19.8 Å². The monoisotopic (exact) mass is 316 g/mol. The summed E-state index contributed by atoms with van der Waals surface area (Å²) >= 11 is 0. The molecule has 0 unspecified atom stereocenters. The van der Waals surface area contributed by atoms with Crippen molar-refractivity contribution >= 4 is 10.9 Å². The molecule has 0 bridgehead atoms. The van der Waals surface area contributed by atoms with E-state index in [0.29, 0.717) is 24.1 Å². The number of hydrogen-bond acceptors (Lipinski definition) is 4. The molecule has 2 aromatic rings. The molecule has 0 amide bonds. The van der Waals surface area contributed by atoms with Crippen LogP contribution in [0, 0.1) is 0 Å². The van der Waals surface area contributed by atoms with Gasteiger partial charge in [0.1, 0.15) is 0 Å². The minimum atomic E-state index is -0.0481. The Hall–Kier alpha value is -2.01. The first-order chi connectivity index (χ1) is 11.2. The summed E-state index contributed by atoms with van der Waals surface area (Å²) < 4.78 is 10.6. The van der Waals surface area contributed by atoms with Gasteiger partial charge >= 0.3 is 0 Å². The summed E-state index contributed by atoms with van der Waals surface area (Å²) in [6.07, 6.45) is 6.30. The molecule has 0 spiro atoms. The third-order valence-electron chi connectivity index (χ3n) is 4.61. The number of pyridine rings is 1. The number of methoxy groups -OCH3 is 2. The van der Waals surface area contributed by atoms with E-state index >= 15 is 0 Å². The standard InChI is InChI=1S/C18H24N2O3/c1-22-16-9-12-8-13(11-19-14-6-4-3-5-7-14)18(21)20-15(12)10-17(16)23-2/h8-10,14,19H,3-7,11H2,1-2H3,(H,20,21). The molecule has 3 rings (SSSR count). The Bertz CT molecular complexity index is 733. The molecule has 2 N–H and O–H groups in total. The maximum absolute atomic E-state index is 12.3. The van der Waals surface area contributed by atoms with Crippen molar-refractivity contribution in [1.29, 1.82) is 0 Å². The largest absolute Gasteiger partial charge is 0.493 e. The van der Waals surface area contributed by atoms with Crippen LogP contribution in [0.2, 0.25) is 0 Å². The minimum Gasteiger partial charge on any atom is -0.493 e. The number of H-pyrrole nitrogens is 1. The molecule has 23 heavy (non-hydrogen) atoms. The van der Waals surface area contributed by atoms with Gasteiger partial charge in [0.2, 0.25) is 0 Å². The van der Waals surface area contributed by atoms with Gasteiger partial charge in [0.25, 0.3) is 5.56 Å². The fraction of sp³-hybridized carbons (Fsp3) is 0.500.